The lowest BCUT2D eigenvalue weighted by molar-refractivity contribution is -0.136. The largest absolute Gasteiger partial charge is 0.342 e. The van der Waals surface area contributed by atoms with Gasteiger partial charge in [0.15, 0.2) is 0 Å². The maximum Gasteiger partial charge on any atom is 0.237 e. The number of hydrogen-bond donors (Lipinski definition) is 2. The molecule has 0 aromatic rings. The van der Waals surface area contributed by atoms with Gasteiger partial charge in [-0.05, 0) is 24.7 Å². The molecule has 0 aromatic carbocycles. The van der Waals surface area contributed by atoms with Gasteiger partial charge in [-0.1, -0.05) is 13.8 Å². The quantitative estimate of drug-likeness (QED) is 0.427. The number of likely N-dealkylation sites (tertiary alicyclic amines) is 2. The molecule has 0 aliphatic carbocycles. The van der Waals surface area contributed by atoms with E-state index in [0.29, 0.717) is 44.3 Å². The van der Waals surface area contributed by atoms with Crippen molar-refractivity contribution >= 4 is 11.8 Å². The fourth-order valence-electron chi connectivity index (χ4n) is 3.18. The number of rotatable bonds is 3. The number of amides is 2. The van der Waals surface area contributed by atoms with E-state index in [1.54, 1.807) is 0 Å². The molecule has 2 atom stereocenters. The number of piperidine rings is 1. The third kappa shape index (κ3) is 3.49. The third-order valence-corrected chi connectivity index (χ3v) is 4.78. The van der Waals surface area contributed by atoms with Crippen molar-refractivity contribution in [1.82, 2.24) is 15.2 Å². The zero-order valence-electron chi connectivity index (χ0n) is 12.5. The van der Waals surface area contributed by atoms with E-state index in [1.807, 2.05) is 4.90 Å². The third-order valence-electron chi connectivity index (χ3n) is 4.78. The Hall–Kier alpha value is -1.14. The van der Waals surface area contributed by atoms with E-state index in [4.69, 9.17) is 5.84 Å². The Morgan fingerprint density at radius 3 is 2.20 bits per heavy atom. The number of nitrogens with two attached hydrogens (primary N) is 1. The first-order valence-corrected chi connectivity index (χ1v) is 7.51. The number of hydrogen-bond acceptors (Lipinski definition) is 4. The summed E-state index contributed by atoms with van der Waals surface area (Å²) in [6.07, 6.45) is 1.42. The van der Waals surface area contributed by atoms with Crippen LogP contribution in [0.25, 0.3) is 0 Å². The lowest BCUT2D eigenvalue weighted by Crippen LogP contribution is -2.47. The topological polar surface area (TPSA) is 78.7 Å². The number of carbonyl (C=O) groups is 2. The van der Waals surface area contributed by atoms with E-state index in [1.165, 1.54) is 0 Å². The predicted octanol–water partition coefficient (Wildman–Crippen LogP) is -0.197. The molecule has 2 unspecified atom stereocenters. The van der Waals surface area contributed by atoms with Crippen molar-refractivity contribution in [2.45, 2.75) is 26.7 Å². The van der Waals surface area contributed by atoms with Crippen molar-refractivity contribution in [3.05, 3.63) is 0 Å². The summed E-state index contributed by atoms with van der Waals surface area (Å²) < 4.78 is 0. The van der Waals surface area contributed by atoms with Gasteiger partial charge < -0.3 is 4.90 Å². The van der Waals surface area contributed by atoms with Gasteiger partial charge in [-0.3, -0.25) is 19.9 Å². The van der Waals surface area contributed by atoms with Crippen LogP contribution in [0.4, 0.5) is 0 Å². The molecule has 2 aliphatic rings. The molecule has 0 bridgehead atoms. The molecule has 2 saturated heterocycles. The van der Waals surface area contributed by atoms with E-state index in [2.05, 4.69) is 24.2 Å². The lowest BCUT2D eigenvalue weighted by atomic mass is 9.96. The molecular formula is C14H26N4O2. The predicted molar refractivity (Wildman–Crippen MR) is 76.4 cm³/mol. The monoisotopic (exact) mass is 282 g/mol. The van der Waals surface area contributed by atoms with Crippen LogP contribution in [0.15, 0.2) is 0 Å². The summed E-state index contributed by atoms with van der Waals surface area (Å²) in [5, 5.41) is 0. The highest BCUT2D eigenvalue weighted by molar-refractivity contribution is 5.80. The first kappa shape index (κ1) is 15.3. The SMILES string of the molecule is CC1CN(CC(=O)N2CCC(C(=O)NN)CC2)CC1C. The van der Waals surface area contributed by atoms with Crippen LogP contribution in [0.1, 0.15) is 26.7 Å². The molecule has 6 nitrogen and oxygen atoms in total. The minimum atomic E-state index is -0.112. The number of hydrazine groups is 1. The van der Waals surface area contributed by atoms with Crippen molar-refractivity contribution in [3.63, 3.8) is 0 Å². The normalized spacial score (nSPS) is 28.6. The Labute approximate surface area is 120 Å². The van der Waals surface area contributed by atoms with Gasteiger partial charge >= 0.3 is 0 Å². The van der Waals surface area contributed by atoms with Crippen LogP contribution in [0.2, 0.25) is 0 Å². The van der Waals surface area contributed by atoms with Gasteiger partial charge in [0, 0.05) is 32.1 Å². The van der Waals surface area contributed by atoms with Crippen LogP contribution in [0, 0.1) is 17.8 Å². The summed E-state index contributed by atoms with van der Waals surface area (Å²) in [5.41, 5.74) is 2.20. The van der Waals surface area contributed by atoms with Gasteiger partial charge in [0.1, 0.15) is 0 Å². The molecule has 20 heavy (non-hydrogen) atoms. The maximum absolute atomic E-state index is 12.3. The minimum Gasteiger partial charge on any atom is -0.342 e. The van der Waals surface area contributed by atoms with Gasteiger partial charge in [0.05, 0.1) is 6.54 Å². The summed E-state index contributed by atoms with van der Waals surface area (Å²) in [4.78, 5) is 27.8. The van der Waals surface area contributed by atoms with Crippen molar-refractivity contribution in [2.24, 2.45) is 23.6 Å². The molecule has 0 spiro atoms. The van der Waals surface area contributed by atoms with Crippen LogP contribution >= 0.6 is 0 Å². The Bertz CT molecular complexity index is 356. The first-order valence-electron chi connectivity index (χ1n) is 7.51. The van der Waals surface area contributed by atoms with E-state index in [9.17, 15) is 9.59 Å². The van der Waals surface area contributed by atoms with Crippen molar-refractivity contribution in [1.29, 1.82) is 0 Å². The second-order valence-corrected chi connectivity index (χ2v) is 6.31. The molecule has 0 saturated carbocycles. The van der Waals surface area contributed by atoms with Gasteiger partial charge in [-0.2, -0.15) is 0 Å². The molecule has 2 amide bonds. The molecular weight excluding hydrogens is 256 g/mol. The molecule has 2 fully saturated rings. The molecule has 2 rings (SSSR count). The minimum absolute atomic E-state index is 0.0455. The van der Waals surface area contributed by atoms with Crippen LogP contribution < -0.4 is 11.3 Å². The molecule has 0 radical (unpaired) electrons. The maximum atomic E-state index is 12.3. The van der Waals surface area contributed by atoms with Crippen molar-refractivity contribution in [2.75, 3.05) is 32.7 Å². The molecule has 2 heterocycles. The number of nitrogens with one attached hydrogen (secondary N) is 1. The van der Waals surface area contributed by atoms with Crippen molar-refractivity contribution in [3.8, 4) is 0 Å². The zero-order valence-corrected chi connectivity index (χ0v) is 12.5. The molecule has 3 N–H and O–H groups in total. The summed E-state index contributed by atoms with van der Waals surface area (Å²) in [7, 11) is 0. The number of carbonyl (C=O) groups excluding carboxylic acids is 2. The Kier molecular flexibility index (Phi) is 4.99. The van der Waals surface area contributed by atoms with E-state index >= 15 is 0 Å². The molecule has 6 heteroatoms. The smallest absolute Gasteiger partial charge is 0.237 e. The fraction of sp³-hybridized carbons (Fsp3) is 0.857. The second-order valence-electron chi connectivity index (χ2n) is 6.31. The average Bonchev–Trinajstić information content (AvgIpc) is 2.76. The van der Waals surface area contributed by atoms with Crippen LogP contribution in [0.5, 0.6) is 0 Å². The standard InChI is InChI=1S/C14H26N4O2/c1-10-7-17(8-11(10)2)9-13(19)18-5-3-12(4-6-18)14(20)16-15/h10-12H,3-9,15H2,1-2H3,(H,16,20). The summed E-state index contributed by atoms with van der Waals surface area (Å²) >= 11 is 0. The summed E-state index contributed by atoms with van der Waals surface area (Å²) in [6, 6.07) is 0. The molecule has 114 valence electrons. The Balaban J connectivity index is 1.76. The first-order chi connectivity index (χ1) is 9.51. The molecule has 2 aliphatic heterocycles. The van der Waals surface area contributed by atoms with Gasteiger partial charge in [-0.25, -0.2) is 5.84 Å². The highest BCUT2D eigenvalue weighted by Gasteiger charge is 2.31. The highest BCUT2D eigenvalue weighted by atomic mass is 16.2. The van der Waals surface area contributed by atoms with Crippen LogP contribution in [-0.4, -0.2) is 54.3 Å². The highest BCUT2D eigenvalue weighted by Crippen LogP contribution is 2.22. The van der Waals surface area contributed by atoms with Crippen LogP contribution in [-0.2, 0) is 9.59 Å². The van der Waals surface area contributed by atoms with Gasteiger partial charge in [0.2, 0.25) is 11.8 Å². The fourth-order valence-corrected chi connectivity index (χ4v) is 3.18. The summed E-state index contributed by atoms with van der Waals surface area (Å²) in [5.74, 6) is 6.52. The average molecular weight is 282 g/mol. The van der Waals surface area contributed by atoms with Gasteiger partial charge in [0.25, 0.3) is 0 Å². The lowest BCUT2D eigenvalue weighted by Gasteiger charge is -2.32. The van der Waals surface area contributed by atoms with E-state index in [0.717, 1.165) is 13.1 Å². The van der Waals surface area contributed by atoms with Crippen LogP contribution in [0.3, 0.4) is 0 Å². The Morgan fingerprint density at radius 1 is 1.15 bits per heavy atom. The molecule has 0 aromatic heterocycles. The Morgan fingerprint density at radius 2 is 1.70 bits per heavy atom. The van der Waals surface area contributed by atoms with E-state index < -0.39 is 0 Å². The summed E-state index contributed by atoms with van der Waals surface area (Å²) in [6.45, 7) is 8.35. The van der Waals surface area contributed by atoms with Crippen molar-refractivity contribution < 1.29 is 9.59 Å². The van der Waals surface area contributed by atoms with E-state index in [-0.39, 0.29) is 17.7 Å². The number of nitrogens with zero attached hydrogens (tertiary/aromatic N) is 2. The zero-order chi connectivity index (χ0) is 14.7. The van der Waals surface area contributed by atoms with Gasteiger partial charge in [-0.15, -0.1) is 0 Å². The second kappa shape index (κ2) is 6.54.